The second-order valence-corrected chi connectivity index (χ2v) is 7.48. The van der Waals surface area contributed by atoms with E-state index < -0.39 is 0 Å². The van der Waals surface area contributed by atoms with Crippen LogP contribution in [0.3, 0.4) is 0 Å². The molecule has 0 unspecified atom stereocenters. The molecule has 0 aliphatic carbocycles. The molecule has 1 fully saturated rings. The highest BCUT2D eigenvalue weighted by molar-refractivity contribution is 6.31. The fraction of sp³-hybridized carbons (Fsp3) is 0.706. The van der Waals surface area contributed by atoms with Gasteiger partial charge in [0.05, 0.1) is 5.02 Å². The van der Waals surface area contributed by atoms with Gasteiger partial charge in [-0.1, -0.05) is 24.9 Å². The summed E-state index contributed by atoms with van der Waals surface area (Å²) in [4.78, 5) is 6.92. The number of anilines is 1. The average molecular weight is 310 g/mol. The summed E-state index contributed by atoms with van der Waals surface area (Å²) < 4.78 is 0. The van der Waals surface area contributed by atoms with Gasteiger partial charge in [0.25, 0.3) is 0 Å². The van der Waals surface area contributed by atoms with Crippen molar-refractivity contribution in [1.82, 2.24) is 10.3 Å². The van der Waals surface area contributed by atoms with Gasteiger partial charge in [-0.05, 0) is 51.2 Å². The predicted octanol–water partition coefficient (Wildman–Crippen LogP) is 4.25. The molecule has 0 amide bonds. The van der Waals surface area contributed by atoms with E-state index in [2.05, 4.69) is 49.0 Å². The highest BCUT2D eigenvalue weighted by Crippen LogP contribution is 2.26. The topological polar surface area (TPSA) is 28.2 Å². The van der Waals surface area contributed by atoms with Crippen LogP contribution in [0.1, 0.15) is 52.5 Å². The Morgan fingerprint density at radius 1 is 1.33 bits per heavy atom. The second kappa shape index (κ2) is 6.97. The third-order valence-electron chi connectivity index (χ3n) is 4.25. The van der Waals surface area contributed by atoms with Crippen molar-refractivity contribution < 1.29 is 0 Å². The van der Waals surface area contributed by atoms with Crippen molar-refractivity contribution in [2.75, 3.05) is 18.0 Å². The molecule has 0 atom stereocenters. The van der Waals surface area contributed by atoms with E-state index in [9.17, 15) is 0 Å². The molecule has 1 aliphatic rings. The summed E-state index contributed by atoms with van der Waals surface area (Å²) >= 11 is 6.29. The Morgan fingerprint density at radius 2 is 2.00 bits per heavy atom. The molecule has 0 aromatic carbocycles. The quantitative estimate of drug-likeness (QED) is 0.901. The third kappa shape index (κ3) is 4.86. The normalized spacial score (nSPS) is 17.3. The molecule has 118 valence electrons. The number of rotatable bonds is 4. The summed E-state index contributed by atoms with van der Waals surface area (Å²) in [5.41, 5.74) is 1.22. The molecule has 1 N–H and O–H groups in total. The van der Waals surface area contributed by atoms with Crippen molar-refractivity contribution in [3.8, 4) is 0 Å². The highest BCUT2D eigenvalue weighted by atomic mass is 35.5. The zero-order chi connectivity index (χ0) is 15.5. The van der Waals surface area contributed by atoms with Crippen LogP contribution in [0, 0.1) is 5.92 Å². The van der Waals surface area contributed by atoms with Crippen molar-refractivity contribution >= 4 is 17.4 Å². The molecule has 0 bridgehead atoms. The molecule has 2 heterocycles. The van der Waals surface area contributed by atoms with Gasteiger partial charge in [0.15, 0.2) is 0 Å². The maximum absolute atomic E-state index is 6.29. The van der Waals surface area contributed by atoms with Crippen LogP contribution in [0.5, 0.6) is 0 Å². The minimum atomic E-state index is 0.0895. The number of pyridine rings is 1. The smallest absolute Gasteiger partial charge is 0.128 e. The Morgan fingerprint density at radius 3 is 2.57 bits per heavy atom. The van der Waals surface area contributed by atoms with Gasteiger partial charge in [0.1, 0.15) is 5.82 Å². The SMILES string of the molecule is CCC1CCN(c2cc(CNC(C)(C)C)c(Cl)cn2)CC1. The van der Waals surface area contributed by atoms with Gasteiger partial charge in [-0.3, -0.25) is 0 Å². The summed E-state index contributed by atoms with van der Waals surface area (Å²) in [5.74, 6) is 1.95. The number of nitrogens with one attached hydrogen (secondary N) is 1. The molecule has 0 radical (unpaired) electrons. The molecule has 1 saturated heterocycles. The molecular weight excluding hydrogens is 282 g/mol. The molecule has 1 aliphatic heterocycles. The van der Waals surface area contributed by atoms with Crippen molar-refractivity contribution in [3.05, 3.63) is 22.8 Å². The first-order chi connectivity index (χ1) is 9.89. The number of aromatic nitrogens is 1. The van der Waals surface area contributed by atoms with Crippen LogP contribution in [0.2, 0.25) is 5.02 Å². The van der Waals surface area contributed by atoms with Gasteiger partial charge in [-0.2, -0.15) is 0 Å². The molecule has 1 aromatic rings. The molecule has 2 rings (SSSR count). The van der Waals surface area contributed by atoms with Crippen LogP contribution in [0.4, 0.5) is 5.82 Å². The van der Waals surface area contributed by atoms with Gasteiger partial charge in [-0.15, -0.1) is 0 Å². The second-order valence-electron chi connectivity index (χ2n) is 7.08. The van der Waals surface area contributed by atoms with Crippen molar-refractivity contribution in [1.29, 1.82) is 0 Å². The third-order valence-corrected chi connectivity index (χ3v) is 4.59. The standard InChI is InChI=1S/C17H28ClN3/c1-5-13-6-8-21(9-7-13)16-10-14(15(18)12-19-16)11-20-17(2,3)4/h10,12-13,20H,5-9,11H2,1-4H3. The minimum Gasteiger partial charge on any atom is -0.357 e. The summed E-state index contributed by atoms with van der Waals surface area (Å²) in [6, 6.07) is 2.15. The van der Waals surface area contributed by atoms with Crippen molar-refractivity contribution in [2.24, 2.45) is 5.92 Å². The zero-order valence-electron chi connectivity index (χ0n) is 13.7. The molecule has 0 spiro atoms. The first kappa shape index (κ1) is 16.6. The first-order valence-corrected chi connectivity index (χ1v) is 8.41. The Kier molecular flexibility index (Phi) is 5.50. The van der Waals surface area contributed by atoms with E-state index in [1.54, 1.807) is 6.20 Å². The van der Waals surface area contributed by atoms with E-state index in [0.29, 0.717) is 0 Å². The van der Waals surface area contributed by atoms with Crippen molar-refractivity contribution in [2.45, 2.75) is 59.0 Å². The van der Waals surface area contributed by atoms with Crippen LogP contribution < -0.4 is 10.2 Å². The van der Waals surface area contributed by atoms with E-state index in [-0.39, 0.29) is 5.54 Å². The lowest BCUT2D eigenvalue weighted by Crippen LogP contribution is -2.36. The summed E-state index contributed by atoms with van der Waals surface area (Å²) in [6.45, 7) is 11.8. The van der Waals surface area contributed by atoms with Crippen LogP contribution >= 0.6 is 11.6 Å². The maximum atomic E-state index is 6.29. The number of halogens is 1. The number of piperidine rings is 1. The van der Waals surface area contributed by atoms with Gasteiger partial charge in [-0.25, -0.2) is 4.98 Å². The largest absolute Gasteiger partial charge is 0.357 e. The number of hydrogen-bond acceptors (Lipinski definition) is 3. The van der Waals surface area contributed by atoms with Crippen LogP contribution in [0.15, 0.2) is 12.3 Å². The van der Waals surface area contributed by atoms with E-state index >= 15 is 0 Å². The minimum absolute atomic E-state index is 0.0895. The first-order valence-electron chi connectivity index (χ1n) is 8.03. The van der Waals surface area contributed by atoms with Gasteiger partial charge < -0.3 is 10.2 Å². The Hall–Kier alpha value is -0.800. The lowest BCUT2D eigenvalue weighted by atomic mass is 9.94. The lowest BCUT2D eigenvalue weighted by molar-refractivity contribution is 0.393. The van der Waals surface area contributed by atoms with Gasteiger partial charge in [0.2, 0.25) is 0 Å². The monoisotopic (exact) mass is 309 g/mol. The Labute approximate surface area is 134 Å². The maximum Gasteiger partial charge on any atom is 0.128 e. The highest BCUT2D eigenvalue weighted by Gasteiger charge is 2.19. The van der Waals surface area contributed by atoms with Gasteiger partial charge >= 0.3 is 0 Å². The Bertz CT molecular complexity index is 460. The van der Waals surface area contributed by atoms with E-state index in [4.69, 9.17) is 11.6 Å². The van der Waals surface area contributed by atoms with Crippen LogP contribution in [0.25, 0.3) is 0 Å². The lowest BCUT2D eigenvalue weighted by Gasteiger charge is -2.32. The fourth-order valence-corrected chi connectivity index (χ4v) is 2.88. The number of nitrogens with zero attached hydrogens (tertiary/aromatic N) is 2. The van der Waals surface area contributed by atoms with E-state index in [0.717, 1.165) is 42.0 Å². The van der Waals surface area contributed by atoms with E-state index in [1.807, 2.05) is 0 Å². The molecule has 4 heteroatoms. The fourth-order valence-electron chi connectivity index (χ4n) is 2.71. The molecule has 0 saturated carbocycles. The number of hydrogen-bond donors (Lipinski definition) is 1. The van der Waals surface area contributed by atoms with Crippen LogP contribution in [-0.2, 0) is 6.54 Å². The van der Waals surface area contributed by atoms with Crippen molar-refractivity contribution in [3.63, 3.8) is 0 Å². The predicted molar refractivity (Wildman–Crippen MR) is 91.1 cm³/mol. The summed E-state index contributed by atoms with van der Waals surface area (Å²) in [6.07, 6.45) is 5.64. The molecule has 1 aromatic heterocycles. The summed E-state index contributed by atoms with van der Waals surface area (Å²) in [7, 11) is 0. The molecule has 3 nitrogen and oxygen atoms in total. The van der Waals surface area contributed by atoms with Gasteiger partial charge in [0, 0.05) is 31.4 Å². The zero-order valence-corrected chi connectivity index (χ0v) is 14.5. The summed E-state index contributed by atoms with van der Waals surface area (Å²) in [5, 5.41) is 4.24. The molecular formula is C17H28ClN3. The molecule has 21 heavy (non-hydrogen) atoms. The average Bonchev–Trinajstić information content (AvgIpc) is 2.46. The van der Waals surface area contributed by atoms with E-state index in [1.165, 1.54) is 19.3 Å². The Balaban J connectivity index is 2.04. The van der Waals surface area contributed by atoms with Crippen LogP contribution in [-0.4, -0.2) is 23.6 Å².